The van der Waals surface area contributed by atoms with Gasteiger partial charge in [-0.1, -0.05) is 39.2 Å². The van der Waals surface area contributed by atoms with Crippen molar-refractivity contribution in [3.8, 4) is 0 Å². The Kier molecular flexibility index (Phi) is 4.52. The second kappa shape index (κ2) is 5.74. The first-order valence-electron chi connectivity index (χ1n) is 5.24. The van der Waals surface area contributed by atoms with Crippen LogP contribution >= 0.6 is 0 Å². The fourth-order valence-electron chi connectivity index (χ4n) is 1.53. The predicted octanol–water partition coefficient (Wildman–Crippen LogP) is 3.77. The molecule has 1 atom stereocenters. The van der Waals surface area contributed by atoms with Crippen LogP contribution < -0.4 is 0 Å². The SMILES string of the molecule is CCCCCC(C)c1cccnc1. The van der Waals surface area contributed by atoms with Crippen LogP contribution in [0.25, 0.3) is 0 Å². The molecule has 72 valence electrons. The van der Waals surface area contributed by atoms with Gasteiger partial charge in [0, 0.05) is 12.4 Å². The molecule has 1 aromatic rings. The Morgan fingerprint density at radius 2 is 2.23 bits per heavy atom. The Morgan fingerprint density at radius 3 is 2.85 bits per heavy atom. The second-order valence-corrected chi connectivity index (χ2v) is 3.68. The van der Waals surface area contributed by atoms with Gasteiger partial charge >= 0.3 is 0 Å². The number of hydrogen-bond donors (Lipinski definition) is 0. The van der Waals surface area contributed by atoms with E-state index >= 15 is 0 Å². The van der Waals surface area contributed by atoms with E-state index in [9.17, 15) is 0 Å². The summed E-state index contributed by atoms with van der Waals surface area (Å²) in [5.41, 5.74) is 1.37. The standard InChI is InChI=1S/C12H19N/c1-3-4-5-7-11(2)12-8-6-9-13-10-12/h6,8-11H,3-5,7H2,1-2H3. The van der Waals surface area contributed by atoms with Gasteiger partial charge in [-0.25, -0.2) is 0 Å². The van der Waals surface area contributed by atoms with E-state index in [1.807, 2.05) is 18.5 Å². The molecule has 0 N–H and O–H groups in total. The van der Waals surface area contributed by atoms with Crippen molar-refractivity contribution in [3.63, 3.8) is 0 Å². The minimum absolute atomic E-state index is 0.667. The highest BCUT2D eigenvalue weighted by molar-refractivity contribution is 5.13. The molecule has 0 bridgehead atoms. The first-order chi connectivity index (χ1) is 6.34. The van der Waals surface area contributed by atoms with Gasteiger partial charge < -0.3 is 0 Å². The maximum atomic E-state index is 4.13. The fraction of sp³-hybridized carbons (Fsp3) is 0.583. The summed E-state index contributed by atoms with van der Waals surface area (Å²) in [7, 11) is 0. The van der Waals surface area contributed by atoms with Crippen molar-refractivity contribution in [3.05, 3.63) is 30.1 Å². The van der Waals surface area contributed by atoms with Gasteiger partial charge in [-0.3, -0.25) is 4.98 Å². The van der Waals surface area contributed by atoms with E-state index in [2.05, 4.69) is 24.9 Å². The van der Waals surface area contributed by atoms with Crippen LogP contribution in [-0.4, -0.2) is 4.98 Å². The number of unbranched alkanes of at least 4 members (excludes halogenated alkanes) is 2. The molecule has 0 spiro atoms. The van der Waals surface area contributed by atoms with E-state index in [0.29, 0.717) is 5.92 Å². The molecule has 0 aliphatic carbocycles. The van der Waals surface area contributed by atoms with E-state index < -0.39 is 0 Å². The Hall–Kier alpha value is -0.850. The summed E-state index contributed by atoms with van der Waals surface area (Å²) >= 11 is 0. The molecule has 0 radical (unpaired) electrons. The van der Waals surface area contributed by atoms with Crippen molar-refractivity contribution in [2.75, 3.05) is 0 Å². The molecule has 0 aliphatic rings. The monoisotopic (exact) mass is 177 g/mol. The van der Waals surface area contributed by atoms with Crippen molar-refractivity contribution >= 4 is 0 Å². The topological polar surface area (TPSA) is 12.9 Å². The van der Waals surface area contributed by atoms with Crippen molar-refractivity contribution in [1.29, 1.82) is 0 Å². The van der Waals surface area contributed by atoms with E-state index in [1.165, 1.54) is 31.2 Å². The van der Waals surface area contributed by atoms with E-state index in [1.54, 1.807) is 0 Å². The maximum absolute atomic E-state index is 4.13. The fourth-order valence-corrected chi connectivity index (χ4v) is 1.53. The van der Waals surface area contributed by atoms with E-state index in [4.69, 9.17) is 0 Å². The van der Waals surface area contributed by atoms with Crippen LogP contribution in [0.3, 0.4) is 0 Å². The highest BCUT2D eigenvalue weighted by Crippen LogP contribution is 2.20. The van der Waals surface area contributed by atoms with Gasteiger partial charge in [0.05, 0.1) is 0 Å². The number of aromatic nitrogens is 1. The third kappa shape index (κ3) is 3.58. The molecule has 0 saturated carbocycles. The molecule has 1 aromatic heterocycles. The van der Waals surface area contributed by atoms with Crippen LogP contribution in [0.1, 0.15) is 51.0 Å². The second-order valence-electron chi connectivity index (χ2n) is 3.68. The molecule has 1 heteroatoms. The molecule has 1 rings (SSSR count). The molecular formula is C12H19N. The Bertz CT molecular complexity index is 218. The van der Waals surface area contributed by atoms with Crippen LogP contribution in [0.5, 0.6) is 0 Å². The van der Waals surface area contributed by atoms with Crippen LogP contribution in [0, 0.1) is 0 Å². The zero-order chi connectivity index (χ0) is 9.52. The van der Waals surface area contributed by atoms with Crippen molar-refractivity contribution in [1.82, 2.24) is 4.98 Å². The zero-order valence-electron chi connectivity index (χ0n) is 8.66. The summed E-state index contributed by atoms with van der Waals surface area (Å²) in [5.74, 6) is 0.667. The summed E-state index contributed by atoms with van der Waals surface area (Å²) in [6, 6.07) is 4.19. The smallest absolute Gasteiger partial charge is 0.0302 e. The average Bonchev–Trinajstić information content (AvgIpc) is 2.19. The van der Waals surface area contributed by atoms with Gasteiger partial charge in [0.25, 0.3) is 0 Å². The van der Waals surface area contributed by atoms with Gasteiger partial charge in [0.2, 0.25) is 0 Å². The Morgan fingerprint density at radius 1 is 1.38 bits per heavy atom. The lowest BCUT2D eigenvalue weighted by molar-refractivity contribution is 0.597. The number of hydrogen-bond acceptors (Lipinski definition) is 1. The lowest BCUT2D eigenvalue weighted by Gasteiger charge is -2.10. The minimum Gasteiger partial charge on any atom is -0.264 e. The predicted molar refractivity (Wildman–Crippen MR) is 56.8 cm³/mol. The molecular weight excluding hydrogens is 158 g/mol. The third-order valence-electron chi connectivity index (χ3n) is 2.49. The van der Waals surface area contributed by atoms with Crippen LogP contribution in [-0.2, 0) is 0 Å². The molecule has 1 nitrogen and oxygen atoms in total. The molecule has 1 unspecified atom stereocenters. The summed E-state index contributed by atoms with van der Waals surface area (Å²) in [6.45, 7) is 4.53. The van der Waals surface area contributed by atoms with Crippen LogP contribution in [0.15, 0.2) is 24.5 Å². The zero-order valence-corrected chi connectivity index (χ0v) is 8.66. The number of rotatable bonds is 5. The summed E-state index contributed by atoms with van der Waals surface area (Å²) in [5, 5.41) is 0. The largest absolute Gasteiger partial charge is 0.264 e. The van der Waals surface area contributed by atoms with Gasteiger partial charge in [0.15, 0.2) is 0 Å². The van der Waals surface area contributed by atoms with E-state index in [0.717, 1.165) is 0 Å². The van der Waals surface area contributed by atoms with Gasteiger partial charge in [-0.2, -0.15) is 0 Å². The summed E-state index contributed by atoms with van der Waals surface area (Å²) < 4.78 is 0. The molecule has 0 saturated heterocycles. The summed E-state index contributed by atoms with van der Waals surface area (Å²) in [4.78, 5) is 4.13. The Labute approximate surface area is 81.2 Å². The highest BCUT2D eigenvalue weighted by atomic mass is 14.6. The normalized spacial score (nSPS) is 12.8. The first-order valence-corrected chi connectivity index (χ1v) is 5.24. The van der Waals surface area contributed by atoms with Crippen LogP contribution in [0.4, 0.5) is 0 Å². The quantitative estimate of drug-likeness (QED) is 0.624. The molecule has 1 heterocycles. The molecule has 13 heavy (non-hydrogen) atoms. The average molecular weight is 177 g/mol. The van der Waals surface area contributed by atoms with Gasteiger partial charge in [-0.15, -0.1) is 0 Å². The molecule has 0 fully saturated rings. The molecule has 0 aliphatic heterocycles. The Balaban J connectivity index is 2.35. The third-order valence-corrected chi connectivity index (χ3v) is 2.49. The molecule has 0 amide bonds. The van der Waals surface area contributed by atoms with Gasteiger partial charge in [0.1, 0.15) is 0 Å². The molecule has 0 aromatic carbocycles. The number of nitrogens with zero attached hydrogens (tertiary/aromatic N) is 1. The lowest BCUT2D eigenvalue weighted by Crippen LogP contribution is -1.93. The number of pyridine rings is 1. The van der Waals surface area contributed by atoms with Crippen molar-refractivity contribution < 1.29 is 0 Å². The van der Waals surface area contributed by atoms with Crippen molar-refractivity contribution in [2.45, 2.75) is 45.4 Å². The summed E-state index contributed by atoms with van der Waals surface area (Å²) in [6.07, 6.45) is 9.11. The highest BCUT2D eigenvalue weighted by Gasteiger charge is 2.03. The maximum Gasteiger partial charge on any atom is 0.0302 e. The lowest BCUT2D eigenvalue weighted by atomic mass is 9.97. The van der Waals surface area contributed by atoms with Crippen LogP contribution in [0.2, 0.25) is 0 Å². The van der Waals surface area contributed by atoms with Gasteiger partial charge in [-0.05, 0) is 24.0 Å². The van der Waals surface area contributed by atoms with E-state index in [-0.39, 0.29) is 0 Å². The first kappa shape index (κ1) is 10.2. The minimum atomic E-state index is 0.667. The van der Waals surface area contributed by atoms with Crippen molar-refractivity contribution in [2.24, 2.45) is 0 Å².